The van der Waals surface area contributed by atoms with Crippen LogP contribution < -0.4 is 0 Å². The molecule has 0 amide bonds. The minimum Gasteiger partial charge on any atom is -0.505 e. The van der Waals surface area contributed by atoms with E-state index in [1.807, 2.05) is 12.1 Å². The molecule has 27 heavy (non-hydrogen) atoms. The van der Waals surface area contributed by atoms with Gasteiger partial charge in [0.05, 0.1) is 12.0 Å². The summed E-state index contributed by atoms with van der Waals surface area (Å²) in [6, 6.07) is 5.58. The predicted molar refractivity (Wildman–Crippen MR) is 106 cm³/mol. The fraction of sp³-hybridized carbons (Fsp3) is 0.524. The lowest BCUT2D eigenvalue weighted by molar-refractivity contribution is 0.102. The lowest BCUT2D eigenvalue weighted by Gasteiger charge is -2.36. The number of methoxy groups -OCH3 is 1. The number of sulfone groups is 1. The molecule has 0 aromatic heterocycles. The topological polar surface area (TPSA) is 66.8 Å². The molecule has 3 rings (SSSR count). The van der Waals surface area contributed by atoms with E-state index < -0.39 is 9.84 Å². The van der Waals surface area contributed by atoms with Crippen molar-refractivity contribution in [1.82, 2.24) is 4.90 Å². The normalized spacial score (nSPS) is 20.8. The number of aliphatic hydroxyl groups excluding tert-OH is 1. The first kappa shape index (κ1) is 20.0. The lowest BCUT2D eigenvalue weighted by Crippen LogP contribution is -2.40. The van der Waals surface area contributed by atoms with Crippen LogP contribution in [-0.4, -0.2) is 37.3 Å². The predicted octanol–water partition coefficient (Wildman–Crippen LogP) is 3.96. The molecular formula is C21H29NO4S. The molecule has 1 unspecified atom stereocenters. The third-order valence-corrected chi connectivity index (χ3v) is 7.01. The van der Waals surface area contributed by atoms with Crippen LogP contribution in [0.15, 0.2) is 46.8 Å². The molecule has 1 heterocycles. The highest BCUT2D eigenvalue weighted by atomic mass is 32.2. The number of nitrogens with zero attached hydrogens (tertiary/aromatic N) is 1. The van der Waals surface area contributed by atoms with Crippen molar-refractivity contribution in [2.75, 3.05) is 13.4 Å². The molecule has 148 valence electrons. The third-order valence-electron chi connectivity index (χ3n) is 5.83. The Hall–Kier alpha value is -1.79. The van der Waals surface area contributed by atoms with Gasteiger partial charge in [0, 0.05) is 31.3 Å². The van der Waals surface area contributed by atoms with Crippen LogP contribution in [0, 0.1) is 5.92 Å². The molecule has 5 nitrogen and oxygen atoms in total. The molecular weight excluding hydrogens is 362 g/mol. The van der Waals surface area contributed by atoms with E-state index >= 15 is 0 Å². The molecule has 0 spiro atoms. The largest absolute Gasteiger partial charge is 0.505 e. The van der Waals surface area contributed by atoms with Crippen LogP contribution >= 0.6 is 0 Å². The summed E-state index contributed by atoms with van der Waals surface area (Å²) in [4.78, 5) is 2.82. The quantitative estimate of drug-likeness (QED) is 0.795. The summed E-state index contributed by atoms with van der Waals surface area (Å²) in [6.07, 6.45) is 7.73. The van der Waals surface area contributed by atoms with Gasteiger partial charge in [-0.3, -0.25) is 4.90 Å². The van der Waals surface area contributed by atoms with Crippen molar-refractivity contribution < 1.29 is 18.3 Å². The van der Waals surface area contributed by atoms with Crippen molar-refractivity contribution in [3.63, 3.8) is 0 Å². The molecule has 1 aliphatic carbocycles. The Morgan fingerprint density at radius 3 is 2.70 bits per heavy atom. The Balaban J connectivity index is 1.68. The van der Waals surface area contributed by atoms with E-state index in [4.69, 9.17) is 4.74 Å². The Morgan fingerprint density at radius 1 is 1.30 bits per heavy atom. The number of aliphatic hydroxyl groups is 1. The van der Waals surface area contributed by atoms with Gasteiger partial charge in [0.25, 0.3) is 0 Å². The summed E-state index contributed by atoms with van der Waals surface area (Å²) in [7, 11) is -1.63. The van der Waals surface area contributed by atoms with E-state index in [9.17, 15) is 13.5 Å². The van der Waals surface area contributed by atoms with Gasteiger partial charge in [-0.2, -0.15) is 0 Å². The Labute approximate surface area is 162 Å². The average molecular weight is 392 g/mol. The minimum atomic E-state index is -3.22. The van der Waals surface area contributed by atoms with E-state index in [2.05, 4.69) is 24.8 Å². The molecule has 6 heteroatoms. The van der Waals surface area contributed by atoms with Crippen molar-refractivity contribution >= 4 is 9.84 Å². The summed E-state index contributed by atoms with van der Waals surface area (Å²) >= 11 is 0. The van der Waals surface area contributed by atoms with E-state index in [0.29, 0.717) is 29.5 Å². The van der Waals surface area contributed by atoms with Crippen molar-refractivity contribution in [1.29, 1.82) is 0 Å². The highest BCUT2D eigenvalue weighted by Gasteiger charge is 2.34. The van der Waals surface area contributed by atoms with Crippen LogP contribution in [-0.2, 0) is 27.7 Å². The number of fused-ring (bicyclic) bond motifs is 1. The molecule has 0 saturated carbocycles. The summed E-state index contributed by atoms with van der Waals surface area (Å²) < 4.78 is 29.5. The van der Waals surface area contributed by atoms with Gasteiger partial charge in [0.1, 0.15) is 5.76 Å². The zero-order chi connectivity index (χ0) is 19.8. The molecule has 0 saturated heterocycles. The average Bonchev–Trinajstić information content (AvgIpc) is 3.05. The zero-order valence-electron chi connectivity index (χ0n) is 16.5. The molecule has 1 aromatic carbocycles. The van der Waals surface area contributed by atoms with Gasteiger partial charge in [0.15, 0.2) is 15.6 Å². The van der Waals surface area contributed by atoms with E-state index in [1.165, 1.54) is 6.26 Å². The maximum Gasteiger partial charge on any atom is 0.175 e. The number of allylic oxidation sites excluding steroid dienone is 3. The van der Waals surface area contributed by atoms with Crippen molar-refractivity contribution in [2.24, 2.45) is 5.92 Å². The maximum absolute atomic E-state index is 12.1. The van der Waals surface area contributed by atoms with Gasteiger partial charge in [0.2, 0.25) is 0 Å². The molecule has 1 N–H and O–H groups in total. The van der Waals surface area contributed by atoms with Gasteiger partial charge in [-0.25, -0.2) is 8.42 Å². The molecule has 2 aliphatic rings. The van der Waals surface area contributed by atoms with Crippen LogP contribution in [0.4, 0.5) is 0 Å². The Bertz CT molecular complexity index is 883. The molecule has 0 radical (unpaired) electrons. The van der Waals surface area contributed by atoms with Gasteiger partial charge in [-0.15, -0.1) is 0 Å². The fourth-order valence-corrected chi connectivity index (χ4v) is 4.95. The first-order chi connectivity index (χ1) is 12.6. The maximum atomic E-state index is 12.1. The molecule has 0 fully saturated rings. The highest BCUT2D eigenvalue weighted by Crippen LogP contribution is 2.36. The second-order valence-electron chi connectivity index (χ2n) is 8.21. The standard InChI is InChI=1S/C21H29NO4S/c1-21(2,11-10-15-8-9-18(23)19(12-15)26-3)22-13-16-6-5-7-20(17(16)14-22)27(4,24)25/h5-9,15,23H,10-14H2,1-4H3. The smallest absolute Gasteiger partial charge is 0.175 e. The van der Waals surface area contributed by atoms with E-state index in [-0.39, 0.29) is 11.3 Å². The van der Waals surface area contributed by atoms with Crippen molar-refractivity contribution in [2.45, 2.75) is 56.6 Å². The number of ether oxygens (including phenoxy) is 1. The molecule has 1 atom stereocenters. The second kappa shape index (κ2) is 7.32. The van der Waals surface area contributed by atoms with Gasteiger partial charge < -0.3 is 9.84 Å². The zero-order valence-corrected chi connectivity index (χ0v) is 17.3. The molecule has 1 aromatic rings. The Kier molecular flexibility index (Phi) is 5.41. The van der Waals surface area contributed by atoms with Crippen LogP contribution in [0.1, 0.15) is 44.2 Å². The summed E-state index contributed by atoms with van der Waals surface area (Å²) in [5.74, 6) is 1.20. The number of benzene rings is 1. The lowest BCUT2D eigenvalue weighted by atomic mass is 9.87. The van der Waals surface area contributed by atoms with Crippen molar-refractivity contribution in [3.8, 4) is 0 Å². The highest BCUT2D eigenvalue weighted by molar-refractivity contribution is 7.90. The fourth-order valence-electron chi connectivity index (χ4n) is 3.98. The number of hydrogen-bond donors (Lipinski definition) is 1. The SMILES string of the molecule is COC1=C(O)C=CC(CCC(C)(C)N2Cc3cccc(S(C)(=O)=O)c3C2)C1. The van der Waals surface area contributed by atoms with E-state index in [1.54, 1.807) is 19.3 Å². The second-order valence-corrected chi connectivity index (χ2v) is 10.2. The van der Waals surface area contributed by atoms with Gasteiger partial charge in [-0.05, 0) is 55.9 Å². The van der Waals surface area contributed by atoms with Crippen LogP contribution in [0.25, 0.3) is 0 Å². The monoisotopic (exact) mass is 391 g/mol. The summed E-state index contributed by atoms with van der Waals surface area (Å²) in [5, 5.41) is 9.79. The Morgan fingerprint density at radius 2 is 2.04 bits per heavy atom. The van der Waals surface area contributed by atoms with Gasteiger partial charge in [-0.1, -0.05) is 18.2 Å². The summed E-state index contributed by atoms with van der Waals surface area (Å²) in [6.45, 7) is 5.87. The van der Waals surface area contributed by atoms with Crippen molar-refractivity contribution in [3.05, 3.63) is 53.0 Å². The van der Waals surface area contributed by atoms with Crippen LogP contribution in [0.2, 0.25) is 0 Å². The van der Waals surface area contributed by atoms with Crippen LogP contribution in [0.3, 0.4) is 0 Å². The number of rotatable bonds is 6. The van der Waals surface area contributed by atoms with E-state index in [0.717, 1.165) is 30.5 Å². The molecule has 0 bridgehead atoms. The first-order valence-electron chi connectivity index (χ1n) is 9.32. The first-order valence-corrected chi connectivity index (χ1v) is 11.2. The van der Waals surface area contributed by atoms with Gasteiger partial charge >= 0.3 is 0 Å². The third kappa shape index (κ3) is 4.22. The number of hydrogen-bond acceptors (Lipinski definition) is 5. The molecule has 1 aliphatic heterocycles. The minimum absolute atomic E-state index is 0.0575. The summed E-state index contributed by atoms with van der Waals surface area (Å²) in [5.41, 5.74) is 2.00. The van der Waals surface area contributed by atoms with Crippen LogP contribution in [0.5, 0.6) is 0 Å².